The van der Waals surface area contributed by atoms with Crippen LogP contribution in [-0.2, 0) is 4.79 Å². The molecule has 0 spiro atoms. The third kappa shape index (κ3) is 4.21. The lowest BCUT2D eigenvalue weighted by molar-refractivity contribution is -0.115. The molecule has 1 aliphatic heterocycles. The highest BCUT2D eigenvalue weighted by Crippen LogP contribution is 2.31. The molecule has 1 aliphatic rings. The molecule has 1 saturated heterocycles. The normalized spacial score (nSPS) is 16.3. The Bertz CT molecular complexity index is 1220. The molecule has 0 atom stereocenters. The Hall–Kier alpha value is -3.58. The Morgan fingerprint density at radius 3 is 2.73 bits per heavy atom. The van der Waals surface area contributed by atoms with Crippen LogP contribution < -0.4 is 5.32 Å². The number of rotatable bonds is 4. The molecule has 6 nitrogen and oxygen atoms in total. The third-order valence-electron chi connectivity index (χ3n) is 4.52. The van der Waals surface area contributed by atoms with Gasteiger partial charge in [0.05, 0.1) is 16.2 Å². The van der Waals surface area contributed by atoms with E-state index in [0.717, 1.165) is 16.8 Å². The van der Waals surface area contributed by atoms with Gasteiger partial charge in [0.15, 0.2) is 5.17 Å². The predicted molar refractivity (Wildman–Crippen MR) is 118 cm³/mol. The lowest BCUT2D eigenvalue weighted by Gasteiger charge is -2.02. The number of aromatic carboxylic acids is 1. The van der Waals surface area contributed by atoms with Crippen LogP contribution in [0.4, 0.5) is 5.69 Å². The van der Waals surface area contributed by atoms with Crippen molar-refractivity contribution < 1.29 is 19.1 Å². The molecule has 2 aromatic carbocycles. The Morgan fingerprint density at radius 1 is 1.13 bits per heavy atom. The van der Waals surface area contributed by atoms with Crippen LogP contribution in [0.5, 0.6) is 0 Å². The number of carbonyl (C=O) groups is 2. The summed E-state index contributed by atoms with van der Waals surface area (Å²) in [5, 5.41) is 12.4. The summed E-state index contributed by atoms with van der Waals surface area (Å²) in [6.07, 6.45) is 1.65. The first-order chi connectivity index (χ1) is 14.4. The van der Waals surface area contributed by atoms with Crippen molar-refractivity contribution >= 4 is 40.6 Å². The number of aryl methyl sites for hydroxylation is 2. The van der Waals surface area contributed by atoms with Crippen LogP contribution >= 0.6 is 11.8 Å². The first-order valence-corrected chi connectivity index (χ1v) is 10.0. The maximum Gasteiger partial charge on any atom is 0.335 e. The van der Waals surface area contributed by atoms with Crippen molar-refractivity contribution in [3.63, 3.8) is 0 Å². The van der Waals surface area contributed by atoms with E-state index in [1.807, 2.05) is 32.0 Å². The van der Waals surface area contributed by atoms with Crippen LogP contribution in [0.1, 0.15) is 27.2 Å². The second-order valence-electron chi connectivity index (χ2n) is 6.86. The van der Waals surface area contributed by atoms with Crippen LogP contribution in [0.3, 0.4) is 0 Å². The zero-order chi connectivity index (χ0) is 21.3. The third-order valence-corrected chi connectivity index (χ3v) is 5.43. The Balaban J connectivity index is 1.56. The summed E-state index contributed by atoms with van der Waals surface area (Å²) in [4.78, 5) is 28.5. The number of benzene rings is 2. The smallest absolute Gasteiger partial charge is 0.335 e. The molecule has 1 aromatic heterocycles. The van der Waals surface area contributed by atoms with Crippen molar-refractivity contribution in [3.8, 4) is 11.3 Å². The van der Waals surface area contributed by atoms with Crippen LogP contribution in [0.2, 0.25) is 0 Å². The van der Waals surface area contributed by atoms with Gasteiger partial charge in [0.1, 0.15) is 11.5 Å². The quantitative estimate of drug-likeness (QED) is 0.572. The number of carboxylic acid groups (broad SMARTS) is 1. The van der Waals surface area contributed by atoms with Crippen molar-refractivity contribution in [3.05, 3.63) is 82.0 Å². The molecule has 1 amide bonds. The number of thioether (sulfide) groups is 1. The van der Waals surface area contributed by atoms with E-state index >= 15 is 0 Å². The van der Waals surface area contributed by atoms with Gasteiger partial charge >= 0.3 is 5.97 Å². The molecule has 1 fully saturated rings. The van der Waals surface area contributed by atoms with Gasteiger partial charge in [-0.05, 0) is 61.5 Å². The molecule has 0 radical (unpaired) electrons. The first-order valence-electron chi connectivity index (χ1n) is 9.19. The summed E-state index contributed by atoms with van der Waals surface area (Å²) in [6.45, 7) is 4.00. The summed E-state index contributed by atoms with van der Waals surface area (Å²) in [7, 11) is 0. The van der Waals surface area contributed by atoms with E-state index in [-0.39, 0.29) is 11.5 Å². The van der Waals surface area contributed by atoms with E-state index in [1.165, 1.54) is 17.8 Å². The molecule has 0 saturated carbocycles. The minimum atomic E-state index is -1.000. The molecule has 30 heavy (non-hydrogen) atoms. The van der Waals surface area contributed by atoms with Gasteiger partial charge in [-0.2, -0.15) is 0 Å². The topological polar surface area (TPSA) is 91.9 Å². The van der Waals surface area contributed by atoms with Crippen molar-refractivity contribution in [1.29, 1.82) is 0 Å². The second kappa shape index (κ2) is 8.04. The number of carboxylic acids is 1. The molecule has 2 heterocycles. The maximum atomic E-state index is 12.3. The predicted octanol–water partition coefficient (Wildman–Crippen LogP) is 5.15. The molecule has 150 valence electrons. The number of amides is 1. The average molecular weight is 418 g/mol. The highest BCUT2D eigenvalue weighted by molar-refractivity contribution is 8.18. The highest BCUT2D eigenvalue weighted by Gasteiger charge is 2.24. The Morgan fingerprint density at radius 2 is 1.97 bits per heavy atom. The largest absolute Gasteiger partial charge is 0.478 e. The number of aliphatic imine (C=N–C) groups is 1. The van der Waals surface area contributed by atoms with Crippen molar-refractivity contribution in [2.75, 3.05) is 0 Å². The first kappa shape index (κ1) is 19.7. The van der Waals surface area contributed by atoms with E-state index in [2.05, 4.69) is 10.3 Å². The van der Waals surface area contributed by atoms with Crippen molar-refractivity contribution in [2.45, 2.75) is 13.8 Å². The van der Waals surface area contributed by atoms with E-state index in [1.54, 1.807) is 36.4 Å². The minimum Gasteiger partial charge on any atom is -0.478 e. The van der Waals surface area contributed by atoms with Gasteiger partial charge < -0.3 is 14.8 Å². The fourth-order valence-corrected chi connectivity index (χ4v) is 3.86. The van der Waals surface area contributed by atoms with E-state index in [0.29, 0.717) is 27.2 Å². The summed E-state index contributed by atoms with van der Waals surface area (Å²) < 4.78 is 5.80. The second-order valence-corrected chi connectivity index (χ2v) is 7.89. The van der Waals surface area contributed by atoms with Gasteiger partial charge in [0.2, 0.25) is 0 Å². The molecule has 0 aliphatic carbocycles. The summed E-state index contributed by atoms with van der Waals surface area (Å²) in [5.74, 6) is -0.219. The summed E-state index contributed by atoms with van der Waals surface area (Å²) in [5.41, 5.74) is 3.84. The van der Waals surface area contributed by atoms with E-state index < -0.39 is 5.97 Å². The number of furan rings is 1. The number of hydrogen-bond donors (Lipinski definition) is 2. The van der Waals surface area contributed by atoms with Crippen molar-refractivity contribution in [1.82, 2.24) is 5.32 Å². The highest BCUT2D eigenvalue weighted by atomic mass is 32.2. The van der Waals surface area contributed by atoms with Gasteiger partial charge in [0.25, 0.3) is 5.91 Å². The van der Waals surface area contributed by atoms with E-state index in [4.69, 9.17) is 9.52 Å². The van der Waals surface area contributed by atoms with Gasteiger partial charge in [-0.1, -0.05) is 29.8 Å². The zero-order valence-corrected chi connectivity index (χ0v) is 17.1. The zero-order valence-electron chi connectivity index (χ0n) is 16.3. The molecule has 0 unspecified atom stereocenters. The summed E-state index contributed by atoms with van der Waals surface area (Å²) >= 11 is 1.25. The molecular formula is C23H18N2O4S. The summed E-state index contributed by atoms with van der Waals surface area (Å²) in [6, 6.07) is 15.9. The standard InChI is InChI=1S/C23H18N2O4S/c1-13-6-8-18(14(2)10-13)24-23-25-21(26)20(30-23)12-17-7-9-19(29-17)15-4-3-5-16(11-15)22(27)28/h3-12H,1-2H3,(H,27,28)(H,24,25,26). The number of nitrogens with zero attached hydrogens (tertiary/aromatic N) is 1. The Kier molecular flexibility index (Phi) is 5.29. The van der Waals surface area contributed by atoms with Gasteiger partial charge in [-0.15, -0.1) is 0 Å². The van der Waals surface area contributed by atoms with Gasteiger partial charge in [0, 0.05) is 11.6 Å². The van der Waals surface area contributed by atoms with Crippen LogP contribution in [0, 0.1) is 13.8 Å². The average Bonchev–Trinajstić information content (AvgIpc) is 3.31. The van der Waals surface area contributed by atoms with Crippen molar-refractivity contribution in [2.24, 2.45) is 4.99 Å². The van der Waals surface area contributed by atoms with Crippen LogP contribution in [0.15, 0.2) is 68.9 Å². The van der Waals surface area contributed by atoms with Crippen LogP contribution in [0.25, 0.3) is 17.4 Å². The molecule has 2 N–H and O–H groups in total. The molecule has 3 aromatic rings. The van der Waals surface area contributed by atoms with Gasteiger partial charge in [-0.25, -0.2) is 9.79 Å². The van der Waals surface area contributed by atoms with Crippen LogP contribution in [-0.4, -0.2) is 22.2 Å². The lowest BCUT2D eigenvalue weighted by atomic mass is 10.1. The lowest BCUT2D eigenvalue weighted by Crippen LogP contribution is -2.19. The minimum absolute atomic E-state index is 0.182. The van der Waals surface area contributed by atoms with Gasteiger partial charge in [-0.3, -0.25) is 4.79 Å². The molecule has 0 bridgehead atoms. The maximum absolute atomic E-state index is 12.3. The molecule has 4 rings (SSSR count). The number of amidine groups is 1. The number of nitrogens with one attached hydrogen (secondary N) is 1. The molecule has 7 heteroatoms. The molecular weight excluding hydrogens is 400 g/mol. The number of carbonyl (C=O) groups excluding carboxylic acids is 1. The monoisotopic (exact) mass is 418 g/mol. The Labute approximate surface area is 177 Å². The number of hydrogen-bond acceptors (Lipinski definition) is 5. The fraction of sp³-hybridized carbons (Fsp3) is 0.0870. The SMILES string of the molecule is Cc1ccc(N=C2NC(=O)C(=Cc3ccc(-c4cccc(C(=O)O)c4)o3)S2)c(C)c1. The fourth-order valence-electron chi connectivity index (χ4n) is 3.04. The van der Waals surface area contributed by atoms with E-state index in [9.17, 15) is 9.59 Å².